The summed E-state index contributed by atoms with van der Waals surface area (Å²) in [5, 5.41) is 3.50. The third-order valence-electron chi connectivity index (χ3n) is 4.56. The number of nitrogens with one attached hydrogen (secondary N) is 2. The van der Waals surface area contributed by atoms with Crippen LogP contribution >= 0.6 is 46.6 Å². The number of allylic oxidation sites excluding steroid dienone is 1. The molecule has 0 aromatic heterocycles. The minimum absolute atomic E-state index is 0.0664. The molecule has 2 rings (SSSR count). The van der Waals surface area contributed by atoms with Crippen molar-refractivity contribution in [3.63, 3.8) is 0 Å². The monoisotopic (exact) mass is 592 g/mol. The zero-order chi connectivity index (χ0) is 27.3. The molecule has 4 nitrogen and oxygen atoms in total. The molecular weight excluding hydrogens is 577 g/mol. The summed E-state index contributed by atoms with van der Waals surface area (Å²) in [6.07, 6.45) is -5.54. The maximum atomic E-state index is 13.7. The van der Waals surface area contributed by atoms with Crippen LogP contribution in [-0.2, 0) is 4.79 Å². The highest BCUT2D eigenvalue weighted by molar-refractivity contribution is 7.98. The summed E-state index contributed by atoms with van der Waals surface area (Å²) in [6, 6.07) is 6.31. The zero-order valence-corrected chi connectivity index (χ0v) is 21.2. The van der Waals surface area contributed by atoms with Gasteiger partial charge in [0.15, 0.2) is 0 Å². The molecule has 2 amide bonds. The topological polar surface area (TPSA) is 58.2 Å². The first kappa shape index (κ1) is 30.1. The highest BCUT2D eigenvalue weighted by Crippen LogP contribution is 2.41. The first-order chi connectivity index (χ1) is 16.6. The van der Waals surface area contributed by atoms with E-state index in [-0.39, 0.29) is 26.2 Å². The van der Waals surface area contributed by atoms with E-state index in [1.54, 1.807) is 11.6 Å². The van der Waals surface area contributed by atoms with E-state index in [0.29, 0.717) is 10.5 Å². The molecule has 36 heavy (non-hydrogen) atoms. The molecule has 0 spiro atoms. The van der Waals surface area contributed by atoms with E-state index in [1.807, 2.05) is 0 Å². The SMILES string of the molecule is CSc1cc(/C=C/C(c2cc(Cl)c(Cl)c(Cl)c2)C(F)(F)F)ccc1C(=O)NCC(=O)NCC(F)(F)F. The van der Waals surface area contributed by atoms with Gasteiger partial charge in [0.1, 0.15) is 6.54 Å². The number of carbonyl (C=O) groups excluding carboxylic acids is 2. The van der Waals surface area contributed by atoms with Gasteiger partial charge in [-0.3, -0.25) is 9.59 Å². The van der Waals surface area contributed by atoms with Crippen LogP contribution in [0.3, 0.4) is 0 Å². The van der Waals surface area contributed by atoms with Crippen molar-refractivity contribution in [3.05, 3.63) is 68.2 Å². The van der Waals surface area contributed by atoms with E-state index in [2.05, 4.69) is 5.32 Å². The molecule has 196 valence electrons. The summed E-state index contributed by atoms with van der Waals surface area (Å²) in [4.78, 5) is 24.2. The summed E-state index contributed by atoms with van der Waals surface area (Å²) in [5.74, 6) is -3.83. The molecule has 0 bridgehead atoms. The van der Waals surface area contributed by atoms with Crippen LogP contribution in [0.1, 0.15) is 27.4 Å². The molecule has 0 fully saturated rings. The Bertz CT molecular complexity index is 1130. The molecule has 2 aromatic carbocycles. The van der Waals surface area contributed by atoms with Crippen molar-refractivity contribution >= 4 is 64.5 Å². The van der Waals surface area contributed by atoms with Crippen LogP contribution < -0.4 is 10.6 Å². The van der Waals surface area contributed by atoms with Gasteiger partial charge in [0.05, 0.1) is 33.1 Å². The molecule has 1 unspecified atom stereocenters. The van der Waals surface area contributed by atoms with E-state index >= 15 is 0 Å². The van der Waals surface area contributed by atoms with Crippen molar-refractivity contribution in [2.24, 2.45) is 0 Å². The van der Waals surface area contributed by atoms with Gasteiger partial charge in [-0.05, 0) is 41.6 Å². The van der Waals surface area contributed by atoms with Crippen LogP contribution in [0.2, 0.25) is 15.1 Å². The number of carbonyl (C=O) groups is 2. The average Bonchev–Trinajstić information content (AvgIpc) is 2.78. The summed E-state index contributed by atoms with van der Waals surface area (Å²) in [6.45, 7) is -2.23. The third-order valence-corrected chi connectivity index (χ3v) is 6.54. The normalized spacial score (nSPS) is 13.1. The molecule has 0 aliphatic rings. The molecule has 14 heteroatoms. The van der Waals surface area contributed by atoms with Crippen LogP contribution in [0.15, 0.2) is 41.3 Å². The van der Waals surface area contributed by atoms with Crippen molar-refractivity contribution in [3.8, 4) is 0 Å². The standard InChI is InChI=1S/C22H17Cl3F6N2O2S/c1-36-17-6-11(2-4-13(17)20(35)32-9-18(34)33-10-21(26,27)28)3-5-14(22(29,30)31)12-7-15(23)19(25)16(24)8-12/h2-8,14H,9-10H2,1H3,(H,32,35)(H,33,34)/b5-3+. The minimum atomic E-state index is -4.67. The Morgan fingerprint density at radius 3 is 2.14 bits per heavy atom. The number of rotatable bonds is 8. The lowest BCUT2D eigenvalue weighted by atomic mass is 9.97. The third kappa shape index (κ3) is 8.79. The van der Waals surface area contributed by atoms with Gasteiger partial charge >= 0.3 is 12.4 Å². The van der Waals surface area contributed by atoms with Gasteiger partial charge in [-0.1, -0.05) is 53.0 Å². The fourth-order valence-corrected chi connectivity index (χ4v) is 4.14. The second kappa shape index (κ2) is 12.4. The second-order valence-electron chi connectivity index (χ2n) is 7.21. The maximum absolute atomic E-state index is 13.7. The second-order valence-corrected chi connectivity index (χ2v) is 9.25. The lowest BCUT2D eigenvalue weighted by Crippen LogP contribution is -2.41. The fourth-order valence-electron chi connectivity index (χ4n) is 2.89. The lowest BCUT2D eigenvalue weighted by molar-refractivity contribution is -0.139. The van der Waals surface area contributed by atoms with Gasteiger partial charge in [-0.15, -0.1) is 11.8 Å². The largest absolute Gasteiger partial charge is 0.405 e. The summed E-state index contributed by atoms with van der Waals surface area (Å²) in [5.41, 5.74) is 0.203. The van der Waals surface area contributed by atoms with Gasteiger partial charge in [-0.2, -0.15) is 26.3 Å². The van der Waals surface area contributed by atoms with Gasteiger partial charge < -0.3 is 10.6 Å². The van der Waals surface area contributed by atoms with Crippen molar-refractivity contribution in [2.75, 3.05) is 19.3 Å². The van der Waals surface area contributed by atoms with E-state index in [4.69, 9.17) is 34.8 Å². The van der Waals surface area contributed by atoms with Crippen LogP contribution in [-0.4, -0.2) is 43.5 Å². The van der Waals surface area contributed by atoms with Crippen LogP contribution in [0.4, 0.5) is 26.3 Å². The molecular formula is C22H17Cl3F6N2O2S. The average molecular weight is 594 g/mol. The van der Waals surface area contributed by atoms with Crippen molar-refractivity contribution in [1.29, 1.82) is 0 Å². The molecule has 0 saturated carbocycles. The van der Waals surface area contributed by atoms with E-state index < -0.39 is 43.2 Å². The Morgan fingerprint density at radius 1 is 1.00 bits per heavy atom. The highest BCUT2D eigenvalue weighted by atomic mass is 35.5. The van der Waals surface area contributed by atoms with Crippen LogP contribution in [0, 0.1) is 0 Å². The van der Waals surface area contributed by atoms with E-state index in [9.17, 15) is 35.9 Å². The molecule has 0 aliphatic heterocycles. The highest BCUT2D eigenvalue weighted by Gasteiger charge is 2.39. The number of hydrogen-bond donors (Lipinski definition) is 2. The molecule has 1 atom stereocenters. The van der Waals surface area contributed by atoms with Crippen molar-refractivity contribution in [1.82, 2.24) is 10.6 Å². The predicted octanol–water partition coefficient (Wildman–Crippen LogP) is 7.14. The van der Waals surface area contributed by atoms with Crippen molar-refractivity contribution in [2.45, 2.75) is 23.2 Å². The number of halogens is 9. The van der Waals surface area contributed by atoms with Crippen LogP contribution in [0.5, 0.6) is 0 Å². The van der Waals surface area contributed by atoms with Gasteiger partial charge in [-0.25, -0.2) is 0 Å². The number of alkyl halides is 6. The van der Waals surface area contributed by atoms with Gasteiger partial charge in [0.2, 0.25) is 5.91 Å². The first-order valence-corrected chi connectivity index (χ1v) is 12.2. The molecule has 2 N–H and O–H groups in total. The van der Waals surface area contributed by atoms with E-state index in [1.165, 1.54) is 24.3 Å². The predicted molar refractivity (Wildman–Crippen MR) is 129 cm³/mol. The molecule has 0 radical (unpaired) electrons. The van der Waals surface area contributed by atoms with Gasteiger partial charge in [0, 0.05) is 4.90 Å². The quantitative estimate of drug-likeness (QED) is 0.194. The summed E-state index contributed by atoms with van der Waals surface area (Å²) < 4.78 is 77.7. The van der Waals surface area contributed by atoms with Crippen molar-refractivity contribution < 1.29 is 35.9 Å². The van der Waals surface area contributed by atoms with Gasteiger partial charge in [0.25, 0.3) is 5.91 Å². The Balaban J connectivity index is 2.21. The Hall–Kier alpha value is -2.08. The molecule has 0 heterocycles. The Kier molecular flexibility index (Phi) is 10.4. The Morgan fingerprint density at radius 2 is 1.61 bits per heavy atom. The smallest absolute Gasteiger partial charge is 0.345 e. The van der Waals surface area contributed by atoms with Crippen LogP contribution in [0.25, 0.3) is 6.08 Å². The maximum Gasteiger partial charge on any atom is 0.405 e. The number of amides is 2. The Labute approximate surface area is 221 Å². The minimum Gasteiger partial charge on any atom is -0.345 e. The number of benzene rings is 2. The summed E-state index contributed by atoms with van der Waals surface area (Å²) >= 11 is 18.7. The number of thioether (sulfide) groups is 1. The summed E-state index contributed by atoms with van der Waals surface area (Å²) in [7, 11) is 0. The fraction of sp³-hybridized carbons (Fsp3) is 0.273. The zero-order valence-electron chi connectivity index (χ0n) is 18.2. The van der Waals surface area contributed by atoms with E-state index in [0.717, 1.165) is 30.0 Å². The molecule has 2 aromatic rings. The number of hydrogen-bond acceptors (Lipinski definition) is 3. The molecule has 0 aliphatic carbocycles. The first-order valence-electron chi connectivity index (χ1n) is 9.81. The lowest BCUT2D eigenvalue weighted by Gasteiger charge is -2.18. The molecule has 0 saturated heterocycles.